The molecule has 1 N–H and O–H groups in total. The van der Waals surface area contributed by atoms with Crippen LogP contribution in [0.5, 0.6) is 0 Å². The molecule has 0 aliphatic carbocycles. The van der Waals surface area contributed by atoms with Crippen LogP contribution in [0.15, 0.2) is 29.3 Å². The molecule has 2 unspecified atom stereocenters. The van der Waals surface area contributed by atoms with Gasteiger partial charge in [0, 0.05) is 33.3 Å². The molecule has 0 amide bonds. The molecule has 0 aromatic heterocycles. The van der Waals surface area contributed by atoms with E-state index in [-0.39, 0.29) is 18.0 Å². The van der Waals surface area contributed by atoms with Crippen LogP contribution in [0, 0.1) is 5.82 Å². The average molecular weight is 349 g/mol. The molecule has 2 fully saturated rings. The summed E-state index contributed by atoms with van der Waals surface area (Å²) in [5.74, 6) is 0.736. The monoisotopic (exact) mass is 349 g/mol. The molecule has 1 aromatic rings. The van der Waals surface area contributed by atoms with E-state index in [1.807, 2.05) is 13.1 Å². The molecule has 0 saturated carbocycles. The summed E-state index contributed by atoms with van der Waals surface area (Å²) in [6.45, 7) is 4.01. The zero-order valence-electron chi connectivity index (χ0n) is 14.9. The van der Waals surface area contributed by atoms with Crippen LogP contribution in [-0.2, 0) is 15.9 Å². The van der Waals surface area contributed by atoms with E-state index in [1.165, 1.54) is 6.07 Å². The summed E-state index contributed by atoms with van der Waals surface area (Å²) >= 11 is 0. The Morgan fingerprint density at radius 3 is 2.96 bits per heavy atom. The molecule has 0 radical (unpaired) electrons. The van der Waals surface area contributed by atoms with Crippen LogP contribution < -0.4 is 5.32 Å². The number of morpholine rings is 1. The minimum atomic E-state index is -0.172. The number of nitrogens with zero attached hydrogens (tertiary/aromatic N) is 2. The van der Waals surface area contributed by atoms with Crippen LogP contribution in [-0.4, -0.2) is 63.0 Å². The molecule has 6 heteroatoms. The largest absolute Gasteiger partial charge is 0.375 e. The van der Waals surface area contributed by atoms with Gasteiger partial charge in [0.25, 0.3) is 0 Å². The van der Waals surface area contributed by atoms with Crippen LogP contribution in [0.2, 0.25) is 0 Å². The van der Waals surface area contributed by atoms with Gasteiger partial charge < -0.3 is 19.7 Å². The first-order valence-electron chi connectivity index (χ1n) is 9.19. The van der Waals surface area contributed by atoms with Gasteiger partial charge >= 0.3 is 0 Å². The predicted molar refractivity (Wildman–Crippen MR) is 96.4 cm³/mol. The topological polar surface area (TPSA) is 46.1 Å². The van der Waals surface area contributed by atoms with Gasteiger partial charge in [-0.1, -0.05) is 12.1 Å². The summed E-state index contributed by atoms with van der Waals surface area (Å²) in [4.78, 5) is 6.65. The Morgan fingerprint density at radius 2 is 2.20 bits per heavy atom. The molecule has 2 aliphatic heterocycles. The molecule has 2 aliphatic rings. The number of ether oxygens (including phenoxy) is 2. The lowest BCUT2D eigenvalue weighted by Gasteiger charge is -2.37. The zero-order chi connectivity index (χ0) is 17.5. The lowest BCUT2D eigenvalue weighted by atomic mass is 10.1. The molecule has 2 atom stereocenters. The van der Waals surface area contributed by atoms with Crippen molar-refractivity contribution in [2.45, 2.75) is 37.9 Å². The first kappa shape index (κ1) is 18.1. The highest BCUT2D eigenvalue weighted by Gasteiger charge is 2.32. The van der Waals surface area contributed by atoms with Crippen LogP contribution in [0.25, 0.3) is 0 Å². The number of aliphatic imine (C=N–C) groups is 1. The fourth-order valence-corrected chi connectivity index (χ4v) is 3.51. The highest BCUT2D eigenvalue weighted by Crippen LogP contribution is 2.21. The van der Waals surface area contributed by atoms with Crippen molar-refractivity contribution in [1.82, 2.24) is 10.2 Å². The number of benzene rings is 1. The lowest BCUT2D eigenvalue weighted by molar-refractivity contribution is -0.0816. The van der Waals surface area contributed by atoms with Crippen LogP contribution in [0.1, 0.15) is 24.8 Å². The van der Waals surface area contributed by atoms with Gasteiger partial charge in [-0.15, -0.1) is 0 Å². The van der Waals surface area contributed by atoms with E-state index in [0.717, 1.165) is 63.4 Å². The molecule has 5 nitrogen and oxygen atoms in total. The summed E-state index contributed by atoms with van der Waals surface area (Å²) in [6.07, 6.45) is 4.33. The predicted octanol–water partition coefficient (Wildman–Crippen LogP) is 2.21. The van der Waals surface area contributed by atoms with Crippen LogP contribution >= 0.6 is 0 Å². The maximum atomic E-state index is 13.2. The Labute approximate surface area is 149 Å². The standard InChI is InChI=1S/C19H28FN3O2/c1-21-19(22-9-3-6-15-5-2-7-16(20)13-15)23-10-12-25-18(14-23)17-8-4-11-24-17/h2,5,7,13,17-18H,3-4,6,8-12,14H2,1H3,(H,21,22). The fourth-order valence-electron chi connectivity index (χ4n) is 3.51. The number of guanidine groups is 1. The average Bonchev–Trinajstić information content (AvgIpc) is 3.17. The van der Waals surface area contributed by atoms with Crippen LogP contribution in [0.3, 0.4) is 0 Å². The number of halogens is 1. The molecule has 2 saturated heterocycles. The summed E-state index contributed by atoms with van der Waals surface area (Å²) < 4.78 is 24.9. The van der Waals surface area contributed by atoms with Crippen molar-refractivity contribution in [3.05, 3.63) is 35.6 Å². The molecule has 138 valence electrons. The van der Waals surface area contributed by atoms with Crippen molar-refractivity contribution in [2.75, 3.05) is 39.9 Å². The molecule has 3 rings (SSSR count). The van der Waals surface area contributed by atoms with E-state index in [1.54, 1.807) is 12.1 Å². The van der Waals surface area contributed by atoms with Gasteiger partial charge in [-0.05, 0) is 43.4 Å². The van der Waals surface area contributed by atoms with Gasteiger partial charge in [-0.25, -0.2) is 4.39 Å². The second-order valence-electron chi connectivity index (χ2n) is 6.61. The number of aryl methyl sites for hydroxylation is 1. The molecule has 2 heterocycles. The van der Waals surface area contributed by atoms with Gasteiger partial charge in [0.05, 0.1) is 12.7 Å². The van der Waals surface area contributed by atoms with Crippen molar-refractivity contribution < 1.29 is 13.9 Å². The highest BCUT2D eigenvalue weighted by atomic mass is 19.1. The number of rotatable bonds is 5. The Bertz CT molecular complexity index is 576. The van der Waals surface area contributed by atoms with E-state index in [4.69, 9.17) is 9.47 Å². The van der Waals surface area contributed by atoms with Gasteiger partial charge in [-0.2, -0.15) is 0 Å². The minimum absolute atomic E-state index is 0.127. The van der Waals surface area contributed by atoms with E-state index < -0.39 is 0 Å². The maximum absolute atomic E-state index is 13.2. The molecular formula is C19H28FN3O2. The Morgan fingerprint density at radius 1 is 1.32 bits per heavy atom. The molecule has 25 heavy (non-hydrogen) atoms. The summed E-state index contributed by atoms with van der Waals surface area (Å²) in [5, 5.41) is 3.42. The van der Waals surface area contributed by atoms with E-state index in [9.17, 15) is 4.39 Å². The van der Waals surface area contributed by atoms with Crippen molar-refractivity contribution in [3.8, 4) is 0 Å². The lowest BCUT2D eigenvalue weighted by Crippen LogP contribution is -2.53. The van der Waals surface area contributed by atoms with Crippen LogP contribution in [0.4, 0.5) is 4.39 Å². The Balaban J connectivity index is 1.44. The van der Waals surface area contributed by atoms with Crippen molar-refractivity contribution in [3.63, 3.8) is 0 Å². The van der Waals surface area contributed by atoms with E-state index >= 15 is 0 Å². The van der Waals surface area contributed by atoms with Crippen molar-refractivity contribution in [1.29, 1.82) is 0 Å². The minimum Gasteiger partial charge on any atom is -0.375 e. The molecule has 1 aromatic carbocycles. The Hall–Kier alpha value is -1.66. The van der Waals surface area contributed by atoms with E-state index in [2.05, 4.69) is 15.2 Å². The normalized spacial score (nSPS) is 24.6. The summed E-state index contributed by atoms with van der Waals surface area (Å²) in [7, 11) is 1.81. The van der Waals surface area contributed by atoms with Gasteiger partial charge in [0.1, 0.15) is 11.9 Å². The van der Waals surface area contributed by atoms with Gasteiger partial charge in [0.2, 0.25) is 0 Å². The van der Waals surface area contributed by atoms with Gasteiger partial charge in [-0.3, -0.25) is 4.99 Å². The fraction of sp³-hybridized carbons (Fsp3) is 0.632. The first-order chi connectivity index (χ1) is 12.3. The molecule has 0 bridgehead atoms. The third kappa shape index (κ3) is 5.16. The summed E-state index contributed by atoms with van der Waals surface area (Å²) in [5.41, 5.74) is 1.03. The molecule has 0 spiro atoms. The quantitative estimate of drug-likeness (QED) is 0.503. The summed E-state index contributed by atoms with van der Waals surface area (Å²) in [6, 6.07) is 6.80. The number of nitrogens with one attached hydrogen (secondary N) is 1. The number of hydrogen-bond acceptors (Lipinski definition) is 3. The highest BCUT2D eigenvalue weighted by molar-refractivity contribution is 5.80. The first-order valence-corrected chi connectivity index (χ1v) is 9.19. The smallest absolute Gasteiger partial charge is 0.193 e. The van der Waals surface area contributed by atoms with Crippen molar-refractivity contribution >= 4 is 5.96 Å². The number of hydrogen-bond donors (Lipinski definition) is 1. The van der Waals surface area contributed by atoms with E-state index in [0.29, 0.717) is 6.61 Å². The second-order valence-corrected chi connectivity index (χ2v) is 6.61. The third-order valence-corrected chi connectivity index (χ3v) is 4.80. The zero-order valence-corrected chi connectivity index (χ0v) is 14.9. The Kier molecular flexibility index (Phi) is 6.64. The SMILES string of the molecule is CN=C(NCCCc1cccc(F)c1)N1CCOC(C2CCCO2)C1. The van der Waals surface area contributed by atoms with Gasteiger partial charge in [0.15, 0.2) is 5.96 Å². The maximum Gasteiger partial charge on any atom is 0.193 e. The van der Waals surface area contributed by atoms with Crippen molar-refractivity contribution in [2.24, 2.45) is 4.99 Å². The second kappa shape index (κ2) is 9.15. The molecular weight excluding hydrogens is 321 g/mol. The third-order valence-electron chi connectivity index (χ3n) is 4.80.